The van der Waals surface area contributed by atoms with E-state index in [1.165, 1.54) is 11.8 Å². The van der Waals surface area contributed by atoms with E-state index in [4.69, 9.17) is 20.0 Å². The molecule has 0 amide bonds. The van der Waals surface area contributed by atoms with E-state index in [9.17, 15) is 0 Å². The van der Waals surface area contributed by atoms with Gasteiger partial charge in [-0.2, -0.15) is 9.61 Å². The van der Waals surface area contributed by atoms with Crippen molar-refractivity contribution < 1.29 is 9.94 Å². The maximum Gasteiger partial charge on any atom is 0.165 e. The highest BCUT2D eigenvalue weighted by Crippen LogP contribution is 2.36. The number of hydrogen-bond acceptors (Lipinski definition) is 6. The molecule has 4 rings (SSSR count). The molecule has 0 saturated heterocycles. The average Bonchev–Trinajstić information content (AvgIpc) is 3.31. The van der Waals surface area contributed by atoms with E-state index in [0.717, 1.165) is 71.0 Å². The normalized spacial score (nSPS) is 14.5. The van der Waals surface area contributed by atoms with E-state index in [1.54, 1.807) is 7.11 Å². The number of aryl methyl sites for hydroxylation is 3. The maximum absolute atomic E-state index is 9.01. The summed E-state index contributed by atoms with van der Waals surface area (Å²) < 4.78 is 7.29. The fourth-order valence-corrected chi connectivity index (χ4v) is 4.14. The number of fused-ring (bicyclic) bond motifs is 2. The van der Waals surface area contributed by atoms with Crippen LogP contribution in [0.4, 0.5) is 5.82 Å². The van der Waals surface area contributed by atoms with Crippen molar-refractivity contribution in [2.45, 2.75) is 52.5 Å². The summed E-state index contributed by atoms with van der Waals surface area (Å²) in [6, 6.07) is 6.01. The number of methoxy groups -OCH3 is 1. The van der Waals surface area contributed by atoms with Gasteiger partial charge in [0, 0.05) is 16.8 Å². The summed E-state index contributed by atoms with van der Waals surface area (Å²) in [5.74, 6) is 1.79. The molecular weight excluding hydrogens is 366 g/mol. The monoisotopic (exact) mass is 393 g/mol. The minimum Gasteiger partial charge on any atom is -0.497 e. The Balaban J connectivity index is 1.93. The Morgan fingerprint density at radius 2 is 2.17 bits per heavy atom. The molecule has 0 bridgehead atoms. The van der Waals surface area contributed by atoms with Gasteiger partial charge in [-0.05, 0) is 62.8 Å². The van der Waals surface area contributed by atoms with Crippen LogP contribution in [-0.4, -0.2) is 39.2 Å². The average molecular weight is 393 g/mol. The smallest absolute Gasteiger partial charge is 0.165 e. The molecule has 29 heavy (non-hydrogen) atoms. The molecule has 2 N–H and O–H groups in total. The molecule has 0 unspecified atom stereocenters. The SMILES string of the molecule is CC[C@@H](/C=N/O)Nc1c2c(nc3c(-c4ccc(OC)cc4C)c(C)nn13)CCC2. The van der Waals surface area contributed by atoms with Crippen molar-refractivity contribution in [1.29, 1.82) is 0 Å². The number of oxime groups is 1. The lowest BCUT2D eigenvalue weighted by Crippen LogP contribution is -2.23. The van der Waals surface area contributed by atoms with Crippen LogP contribution in [0.25, 0.3) is 16.8 Å². The van der Waals surface area contributed by atoms with Crippen LogP contribution >= 0.6 is 0 Å². The molecule has 0 aliphatic heterocycles. The quantitative estimate of drug-likeness (QED) is 0.373. The summed E-state index contributed by atoms with van der Waals surface area (Å²) in [6.07, 6.45) is 5.36. The van der Waals surface area contributed by atoms with Gasteiger partial charge in [-0.15, -0.1) is 0 Å². The number of hydrogen-bond donors (Lipinski definition) is 2. The second-order valence-corrected chi connectivity index (χ2v) is 7.54. The van der Waals surface area contributed by atoms with Gasteiger partial charge in [-0.1, -0.05) is 18.1 Å². The van der Waals surface area contributed by atoms with Crippen LogP contribution in [0.1, 0.15) is 42.3 Å². The van der Waals surface area contributed by atoms with Gasteiger partial charge in [-0.25, -0.2) is 4.98 Å². The summed E-state index contributed by atoms with van der Waals surface area (Å²) in [4.78, 5) is 5.02. The first-order valence-electron chi connectivity index (χ1n) is 10.1. The topological polar surface area (TPSA) is 84.0 Å². The Morgan fingerprint density at radius 1 is 1.34 bits per heavy atom. The van der Waals surface area contributed by atoms with E-state index in [1.807, 2.05) is 23.6 Å². The maximum atomic E-state index is 9.01. The summed E-state index contributed by atoms with van der Waals surface area (Å²) in [7, 11) is 1.68. The van der Waals surface area contributed by atoms with E-state index in [-0.39, 0.29) is 6.04 Å². The van der Waals surface area contributed by atoms with E-state index in [0.29, 0.717) is 0 Å². The lowest BCUT2D eigenvalue weighted by Gasteiger charge is -2.17. The predicted octanol–water partition coefficient (Wildman–Crippen LogP) is 4.16. The van der Waals surface area contributed by atoms with Crippen LogP contribution in [0.3, 0.4) is 0 Å². The van der Waals surface area contributed by atoms with Gasteiger partial charge in [0.2, 0.25) is 0 Å². The third-order valence-corrected chi connectivity index (χ3v) is 5.67. The molecule has 3 aromatic rings. The van der Waals surface area contributed by atoms with Gasteiger partial charge in [0.1, 0.15) is 11.6 Å². The Labute approximate surface area is 170 Å². The minimum atomic E-state index is -0.0778. The molecule has 1 atom stereocenters. The first-order valence-corrected chi connectivity index (χ1v) is 10.1. The van der Waals surface area contributed by atoms with Crippen molar-refractivity contribution in [2.75, 3.05) is 12.4 Å². The van der Waals surface area contributed by atoms with Gasteiger partial charge >= 0.3 is 0 Å². The highest BCUT2D eigenvalue weighted by molar-refractivity contribution is 5.84. The van der Waals surface area contributed by atoms with Crippen molar-refractivity contribution in [2.24, 2.45) is 5.16 Å². The number of rotatable bonds is 6. The molecule has 0 spiro atoms. The molecule has 7 nitrogen and oxygen atoms in total. The fraction of sp³-hybridized carbons (Fsp3) is 0.409. The van der Waals surface area contributed by atoms with Crippen molar-refractivity contribution >= 4 is 17.7 Å². The largest absolute Gasteiger partial charge is 0.497 e. The molecule has 152 valence electrons. The zero-order valence-electron chi connectivity index (χ0n) is 17.4. The Morgan fingerprint density at radius 3 is 2.86 bits per heavy atom. The second kappa shape index (κ2) is 7.73. The van der Waals surface area contributed by atoms with Crippen LogP contribution in [0.15, 0.2) is 23.4 Å². The van der Waals surface area contributed by atoms with Crippen LogP contribution in [0, 0.1) is 13.8 Å². The number of nitrogens with zero attached hydrogens (tertiary/aromatic N) is 4. The Bertz CT molecular complexity index is 1090. The van der Waals surface area contributed by atoms with Crippen LogP contribution in [-0.2, 0) is 12.8 Å². The lowest BCUT2D eigenvalue weighted by molar-refractivity contribution is 0.320. The molecule has 0 fully saturated rings. The molecule has 1 aliphatic carbocycles. The first kappa shape index (κ1) is 19.2. The summed E-state index contributed by atoms with van der Waals surface area (Å²) >= 11 is 0. The zero-order chi connectivity index (χ0) is 20.5. The molecule has 0 radical (unpaired) electrons. The Kier molecular flexibility index (Phi) is 5.13. The van der Waals surface area contributed by atoms with E-state index in [2.05, 4.69) is 30.4 Å². The second-order valence-electron chi connectivity index (χ2n) is 7.54. The van der Waals surface area contributed by atoms with Crippen molar-refractivity contribution in [3.63, 3.8) is 0 Å². The molecule has 7 heteroatoms. The molecule has 2 aromatic heterocycles. The van der Waals surface area contributed by atoms with E-state index < -0.39 is 0 Å². The fourth-order valence-electron chi connectivity index (χ4n) is 4.14. The minimum absolute atomic E-state index is 0.0778. The van der Waals surface area contributed by atoms with Gasteiger partial charge in [-0.3, -0.25) is 0 Å². The van der Waals surface area contributed by atoms with Crippen LogP contribution < -0.4 is 10.1 Å². The van der Waals surface area contributed by atoms with E-state index >= 15 is 0 Å². The molecule has 2 heterocycles. The van der Waals surface area contributed by atoms with Gasteiger partial charge in [0.25, 0.3) is 0 Å². The predicted molar refractivity (Wildman–Crippen MR) is 114 cm³/mol. The number of ether oxygens (including phenoxy) is 1. The number of nitrogens with one attached hydrogen (secondary N) is 1. The first-order chi connectivity index (χ1) is 14.1. The number of benzene rings is 1. The van der Waals surface area contributed by atoms with Crippen LogP contribution in [0.5, 0.6) is 5.75 Å². The number of aromatic nitrogens is 3. The van der Waals surface area contributed by atoms with Crippen molar-refractivity contribution in [3.8, 4) is 16.9 Å². The highest BCUT2D eigenvalue weighted by Gasteiger charge is 2.25. The standard InChI is InChI=1S/C22H27N5O2/c1-5-15(12-23-28)24-21-18-7-6-8-19(18)25-22-20(14(3)26-27(21)22)17-10-9-16(29-4)11-13(17)2/h9-12,15,24,28H,5-8H2,1-4H3/b23-12+/t15-/m0/s1. The molecular formula is C22H27N5O2. The summed E-state index contributed by atoms with van der Waals surface area (Å²) in [5, 5.41) is 20.6. The third-order valence-electron chi connectivity index (χ3n) is 5.67. The third kappa shape index (κ3) is 3.30. The Hall–Kier alpha value is -3.09. The molecule has 1 aromatic carbocycles. The lowest BCUT2D eigenvalue weighted by atomic mass is 10.0. The highest BCUT2D eigenvalue weighted by atomic mass is 16.5. The van der Waals surface area contributed by atoms with Gasteiger partial charge < -0.3 is 15.3 Å². The van der Waals surface area contributed by atoms with Gasteiger partial charge in [0.15, 0.2) is 5.65 Å². The molecule has 1 aliphatic rings. The summed E-state index contributed by atoms with van der Waals surface area (Å²) in [5.41, 5.74) is 7.41. The van der Waals surface area contributed by atoms with Crippen LogP contribution in [0.2, 0.25) is 0 Å². The molecule has 0 saturated carbocycles. The summed E-state index contributed by atoms with van der Waals surface area (Å²) in [6.45, 7) is 6.16. The van der Waals surface area contributed by atoms with Crippen molar-refractivity contribution in [3.05, 3.63) is 40.7 Å². The number of anilines is 1. The van der Waals surface area contributed by atoms with Crippen molar-refractivity contribution in [1.82, 2.24) is 14.6 Å². The zero-order valence-corrected chi connectivity index (χ0v) is 17.4. The van der Waals surface area contributed by atoms with Gasteiger partial charge in [0.05, 0.1) is 25.1 Å².